The molecule has 28 heavy (non-hydrogen) atoms. The number of hydrogen-bond donors (Lipinski definition) is 2. The van der Waals surface area contributed by atoms with Crippen LogP contribution in [0.25, 0.3) is 0 Å². The highest BCUT2D eigenvalue weighted by atomic mass is 16.6. The fourth-order valence-electron chi connectivity index (χ4n) is 3.52. The second-order valence-electron chi connectivity index (χ2n) is 6.79. The Morgan fingerprint density at radius 2 is 1.96 bits per heavy atom. The topological polar surface area (TPSA) is 113 Å². The van der Waals surface area contributed by atoms with Gasteiger partial charge in [0.25, 0.3) is 0 Å². The third-order valence-corrected chi connectivity index (χ3v) is 4.82. The van der Waals surface area contributed by atoms with Crippen molar-refractivity contribution < 1.29 is 9.72 Å². The number of carbonyl (C=O) groups is 1. The van der Waals surface area contributed by atoms with E-state index in [4.69, 9.17) is 0 Å². The van der Waals surface area contributed by atoms with E-state index in [-0.39, 0.29) is 23.5 Å². The van der Waals surface area contributed by atoms with E-state index in [1.807, 2.05) is 4.90 Å². The molecule has 1 aromatic heterocycles. The summed E-state index contributed by atoms with van der Waals surface area (Å²) < 4.78 is 0. The fraction of sp³-hybridized carbons (Fsp3) is 0.421. The zero-order valence-electron chi connectivity index (χ0n) is 16.0. The Kier molecular flexibility index (Phi) is 6.03. The maximum atomic E-state index is 11.9. The van der Waals surface area contributed by atoms with Crippen LogP contribution in [-0.2, 0) is 4.79 Å². The molecule has 1 unspecified atom stereocenters. The summed E-state index contributed by atoms with van der Waals surface area (Å²) in [6.07, 6.45) is 5.39. The van der Waals surface area contributed by atoms with Crippen LogP contribution in [0.3, 0.4) is 0 Å². The largest absolute Gasteiger partial charge is 0.353 e. The summed E-state index contributed by atoms with van der Waals surface area (Å²) in [5.74, 6) is 0.357. The van der Waals surface area contributed by atoms with Gasteiger partial charge in [-0.15, -0.1) is 0 Å². The van der Waals surface area contributed by atoms with Gasteiger partial charge < -0.3 is 15.5 Å². The molecule has 1 saturated heterocycles. The molecule has 9 nitrogen and oxygen atoms in total. The normalized spacial score (nSPS) is 16.5. The first-order valence-electron chi connectivity index (χ1n) is 9.40. The lowest BCUT2D eigenvalue weighted by Gasteiger charge is -2.35. The molecule has 1 amide bonds. The summed E-state index contributed by atoms with van der Waals surface area (Å²) in [5.41, 5.74) is 1.16. The van der Waals surface area contributed by atoms with Gasteiger partial charge in [0.2, 0.25) is 17.5 Å². The Bertz CT molecular complexity index is 855. The predicted molar refractivity (Wildman–Crippen MR) is 108 cm³/mol. The smallest absolute Gasteiger partial charge is 0.348 e. The van der Waals surface area contributed by atoms with Crippen molar-refractivity contribution in [1.82, 2.24) is 9.97 Å². The maximum absolute atomic E-state index is 11.9. The van der Waals surface area contributed by atoms with Crippen LogP contribution in [0.5, 0.6) is 0 Å². The molecule has 2 N–H and O–H groups in total. The van der Waals surface area contributed by atoms with Crippen LogP contribution < -0.4 is 15.5 Å². The van der Waals surface area contributed by atoms with Crippen LogP contribution in [0.2, 0.25) is 0 Å². The number of benzene rings is 1. The second kappa shape index (κ2) is 8.64. The Hall–Kier alpha value is -3.23. The molecule has 2 heterocycles. The zero-order valence-corrected chi connectivity index (χ0v) is 16.0. The molecule has 148 valence electrons. The first kappa shape index (κ1) is 19.5. The van der Waals surface area contributed by atoms with Gasteiger partial charge in [0.15, 0.2) is 0 Å². The number of piperidine rings is 1. The molecule has 3 rings (SSSR count). The van der Waals surface area contributed by atoms with Crippen LogP contribution in [0, 0.1) is 10.1 Å². The Balaban J connectivity index is 1.91. The monoisotopic (exact) mass is 384 g/mol. The van der Waals surface area contributed by atoms with Crippen LogP contribution in [-0.4, -0.2) is 33.4 Å². The van der Waals surface area contributed by atoms with E-state index in [1.165, 1.54) is 13.3 Å². The van der Waals surface area contributed by atoms with Crippen molar-refractivity contribution in [2.45, 2.75) is 45.6 Å². The summed E-state index contributed by atoms with van der Waals surface area (Å²) in [5, 5.41) is 17.6. The number of hydrogen-bond acceptors (Lipinski definition) is 7. The van der Waals surface area contributed by atoms with Crippen molar-refractivity contribution in [3.63, 3.8) is 0 Å². The molecule has 1 atom stereocenters. The number of nitrogens with one attached hydrogen (secondary N) is 2. The summed E-state index contributed by atoms with van der Waals surface area (Å²) in [7, 11) is 0. The average Bonchev–Trinajstić information content (AvgIpc) is 2.68. The summed E-state index contributed by atoms with van der Waals surface area (Å²) >= 11 is 0. The molecule has 0 aliphatic carbocycles. The van der Waals surface area contributed by atoms with Crippen molar-refractivity contribution in [3.05, 3.63) is 40.7 Å². The molecule has 1 aliphatic heterocycles. The van der Waals surface area contributed by atoms with Gasteiger partial charge in [-0.1, -0.05) is 6.92 Å². The molecule has 9 heteroatoms. The van der Waals surface area contributed by atoms with Crippen LogP contribution >= 0.6 is 0 Å². The summed E-state index contributed by atoms with van der Waals surface area (Å²) in [6.45, 7) is 4.27. The third-order valence-electron chi connectivity index (χ3n) is 4.82. The number of rotatable bonds is 6. The SMILES string of the molecule is CCC1CCCCN1c1ncnc(Nc2ccc(NC(C)=O)cc2)c1[N+](=O)[O-]. The molecule has 0 radical (unpaired) electrons. The molecular formula is C19H24N6O3. The Labute approximate surface area is 163 Å². The van der Waals surface area contributed by atoms with E-state index >= 15 is 0 Å². The van der Waals surface area contributed by atoms with Gasteiger partial charge in [0, 0.05) is 30.9 Å². The minimum absolute atomic E-state index is 0.117. The molecule has 1 aliphatic rings. The van der Waals surface area contributed by atoms with Gasteiger partial charge in [0.05, 0.1) is 4.92 Å². The fourth-order valence-corrected chi connectivity index (χ4v) is 3.52. The number of nitro groups is 1. The van der Waals surface area contributed by atoms with E-state index in [2.05, 4.69) is 27.5 Å². The van der Waals surface area contributed by atoms with Gasteiger partial charge >= 0.3 is 5.69 Å². The highest BCUT2D eigenvalue weighted by molar-refractivity contribution is 5.89. The Morgan fingerprint density at radius 3 is 2.61 bits per heavy atom. The number of amides is 1. The maximum Gasteiger partial charge on any atom is 0.353 e. The number of carbonyl (C=O) groups excluding carboxylic acids is 1. The zero-order chi connectivity index (χ0) is 20.1. The lowest BCUT2D eigenvalue weighted by molar-refractivity contribution is -0.383. The van der Waals surface area contributed by atoms with Gasteiger partial charge in [-0.05, 0) is 49.9 Å². The molecule has 0 spiro atoms. The van der Waals surface area contributed by atoms with E-state index in [0.717, 1.165) is 32.2 Å². The highest BCUT2D eigenvalue weighted by Crippen LogP contribution is 2.37. The lowest BCUT2D eigenvalue weighted by atomic mass is 10.00. The molecular weight excluding hydrogens is 360 g/mol. The molecule has 1 aromatic carbocycles. The summed E-state index contributed by atoms with van der Waals surface area (Å²) in [4.78, 5) is 33.0. The van der Waals surface area contributed by atoms with Crippen LogP contribution in [0.4, 0.5) is 28.7 Å². The van der Waals surface area contributed by atoms with E-state index in [0.29, 0.717) is 17.2 Å². The van der Waals surface area contributed by atoms with E-state index in [1.54, 1.807) is 24.3 Å². The third kappa shape index (κ3) is 4.36. The van der Waals surface area contributed by atoms with Gasteiger partial charge in [-0.3, -0.25) is 14.9 Å². The summed E-state index contributed by atoms with van der Waals surface area (Å²) in [6, 6.07) is 7.14. The number of aromatic nitrogens is 2. The predicted octanol–water partition coefficient (Wildman–Crippen LogP) is 3.86. The Morgan fingerprint density at radius 1 is 1.25 bits per heavy atom. The van der Waals surface area contributed by atoms with Crippen LogP contribution in [0.1, 0.15) is 39.5 Å². The standard InChI is InChI=1S/C19H24N6O3/c1-3-16-6-4-5-11-24(16)19-17(25(27)28)18(20-12-21-19)23-15-9-7-14(8-10-15)22-13(2)26/h7-10,12,16H,3-6,11H2,1-2H3,(H,22,26)(H,20,21,23). The van der Waals surface area contributed by atoms with Gasteiger partial charge in [-0.2, -0.15) is 0 Å². The van der Waals surface area contributed by atoms with Crippen molar-refractivity contribution in [2.24, 2.45) is 0 Å². The van der Waals surface area contributed by atoms with Gasteiger partial charge in [0.1, 0.15) is 6.33 Å². The van der Waals surface area contributed by atoms with Crippen LogP contribution in [0.15, 0.2) is 30.6 Å². The number of anilines is 4. The first-order chi connectivity index (χ1) is 13.5. The van der Waals surface area contributed by atoms with Crippen molar-refractivity contribution in [1.29, 1.82) is 0 Å². The van der Waals surface area contributed by atoms with E-state index in [9.17, 15) is 14.9 Å². The number of nitrogens with zero attached hydrogens (tertiary/aromatic N) is 4. The van der Waals surface area contributed by atoms with Crippen molar-refractivity contribution in [3.8, 4) is 0 Å². The van der Waals surface area contributed by atoms with Crippen molar-refractivity contribution in [2.75, 3.05) is 22.1 Å². The molecule has 2 aromatic rings. The van der Waals surface area contributed by atoms with Crippen molar-refractivity contribution >= 4 is 34.6 Å². The molecule has 0 saturated carbocycles. The van der Waals surface area contributed by atoms with Gasteiger partial charge in [-0.25, -0.2) is 9.97 Å². The first-order valence-corrected chi connectivity index (χ1v) is 9.40. The molecule has 1 fully saturated rings. The quantitative estimate of drug-likeness (QED) is 0.574. The lowest BCUT2D eigenvalue weighted by Crippen LogP contribution is -2.40. The minimum Gasteiger partial charge on any atom is -0.348 e. The molecule has 0 bridgehead atoms. The minimum atomic E-state index is -0.426. The average molecular weight is 384 g/mol. The van der Waals surface area contributed by atoms with E-state index < -0.39 is 4.92 Å². The highest BCUT2D eigenvalue weighted by Gasteiger charge is 2.31. The second-order valence-corrected chi connectivity index (χ2v) is 6.79.